The van der Waals surface area contributed by atoms with E-state index in [0.29, 0.717) is 0 Å². The molecule has 0 atom stereocenters. The molecule has 0 amide bonds. The Kier molecular flexibility index (Phi) is 6.53. The zero-order chi connectivity index (χ0) is 41.3. The van der Waals surface area contributed by atoms with E-state index in [0.717, 1.165) is 0 Å². The Balaban J connectivity index is 1.11. The van der Waals surface area contributed by atoms with Crippen LogP contribution in [0.15, 0.2) is 188 Å². The van der Waals surface area contributed by atoms with Crippen molar-refractivity contribution in [1.29, 1.82) is 0 Å². The molecule has 62 heavy (non-hydrogen) atoms. The lowest BCUT2D eigenvalue weighted by Gasteiger charge is -2.46. The van der Waals surface area contributed by atoms with Gasteiger partial charge in [0.15, 0.2) is 8.07 Å². The fourth-order valence-corrected chi connectivity index (χ4v) is 18.9. The van der Waals surface area contributed by atoms with Gasteiger partial charge in [-0.1, -0.05) is 189 Å². The summed E-state index contributed by atoms with van der Waals surface area (Å²) >= 11 is 0. The fourth-order valence-electron chi connectivity index (χ4n) is 13.1. The summed E-state index contributed by atoms with van der Waals surface area (Å²) in [5.41, 5.74) is 24.8. The number of anilines is 3. The zero-order valence-corrected chi connectivity index (χ0v) is 36.3. The van der Waals surface area contributed by atoms with Gasteiger partial charge in [-0.3, -0.25) is 0 Å². The SMILES string of the molecule is Cc1ccc2c(c1)[Si]1(c3ccccc3-c3ccc(N4c5ccccc5C5(c6ccccc6-c6ccccc65)c5cc6c(cc54)-c4ccccc4C6(C)C)cc31)c1cc(C)ccc1-2. The summed E-state index contributed by atoms with van der Waals surface area (Å²) in [6.07, 6.45) is 0. The maximum atomic E-state index is 2.64. The number of aryl methyl sites for hydroxylation is 2. The van der Waals surface area contributed by atoms with Gasteiger partial charge in [0.1, 0.15) is 0 Å². The van der Waals surface area contributed by atoms with Crippen molar-refractivity contribution in [3.63, 3.8) is 0 Å². The Labute approximate surface area is 364 Å². The van der Waals surface area contributed by atoms with Gasteiger partial charge in [0.25, 0.3) is 0 Å². The number of benzene rings is 9. The maximum Gasteiger partial charge on any atom is 0.182 e. The summed E-state index contributed by atoms with van der Waals surface area (Å²) in [5, 5.41) is 6.06. The van der Waals surface area contributed by atoms with Crippen LogP contribution in [0, 0.1) is 13.8 Å². The molecule has 2 heteroatoms. The van der Waals surface area contributed by atoms with Crippen LogP contribution < -0.4 is 25.6 Å². The first kappa shape index (κ1) is 34.7. The van der Waals surface area contributed by atoms with Crippen molar-refractivity contribution in [2.75, 3.05) is 4.90 Å². The van der Waals surface area contributed by atoms with E-state index in [1.807, 2.05) is 0 Å². The first-order valence-corrected chi connectivity index (χ1v) is 24.2. The van der Waals surface area contributed by atoms with Gasteiger partial charge in [-0.2, -0.15) is 0 Å². The number of hydrogen-bond donors (Lipinski definition) is 0. The highest BCUT2D eigenvalue weighted by atomic mass is 28.3. The van der Waals surface area contributed by atoms with Crippen molar-refractivity contribution in [3.05, 3.63) is 233 Å². The molecule has 0 bridgehead atoms. The average molecular weight is 806 g/mol. The molecule has 9 aromatic carbocycles. The molecule has 0 unspecified atom stereocenters. The molecule has 3 heterocycles. The molecule has 14 rings (SSSR count). The normalized spacial score (nSPS) is 16.1. The smallest absolute Gasteiger partial charge is 0.182 e. The second-order valence-electron chi connectivity index (χ2n) is 18.9. The Bertz CT molecular complexity index is 3400. The monoisotopic (exact) mass is 805 g/mol. The molecule has 0 radical (unpaired) electrons. The van der Waals surface area contributed by atoms with Gasteiger partial charge in [0.05, 0.1) is 16.8 Å². The van der Waals surface area contributed by atoms with Crippen molar-refractivity contribution >= 4 is 45.9 Å². The predicted molar refractivity (Wildman–Crippen MR) is 261 cm³/mol. The van der Waals surface area contributed by atoms with E-state index in [9.17, 15) is 0 Å². The van der Waals surface area contributed by atoms with Crippen LogP contribution in [-0.4, -0.2) is 8.07 Å². The van der Waals surface area contributed by atoms with Crippen molar-refractivity contribution in [1.82, 2.24) is 0 Å². The fraction of sp³-hybridized carbons (Fsp3) is 0.100. The number of para-hydroxylation sites is 1. The molecule has 2 spiro atoms. The molecule has 3 aliphatic heterocycles. The summed E-state index contributed by atoms with van der Waals surface area (Å²) in [5.74, 6) is 0. The predicted octanol–water partition coefficient (Wildman–Crippen LogP) is 12.1. The first-order chi connectivity index (χ1) is 30.3. The lowest BCUT2D eigenvalue weighted by Crippen LogP contribution is -2.70. The van der Waals surface area contributed by atoms with Gasteiger partial charge >= 0.3 is 0 Å². The van der Waals surface area contributed by atoms with Crippen molar-refractivity contribution in [3.8, 4) is 44.5 Å². The molecular weight excluding hydrogens is 763 g/mol. The summed E-state index contributed by atoms with van der Waals surface area (Å²) in [7, 11) is -2.73. The lowest BCUT2D eigenvalue weighted by atomic mass is 9.63. The van der Waals surface area contributed by atoms with Crippen LogP contribution in [0.3, 0.4) is 0 Å². The lowest BCUT2D eigenvalue weighted by molar-refractivity contribution is 0.655. The van der Waals surface area contributed by atoms with Crippen molar-refractivity contribution < 1.29 is 0 Å². The van der Waals surface area contributed by atoms with E-state index in [1.165, 1.54) is 127 Å². The third kappa shape index (κ3) is 3.93. The second-order valence-corrected chi connectivity index (χ2v) is 22.6. The van der Waals surface area contributed by atoms with E-state index >= 15 is 0 Å². The highest BCUT2D eigenvalue weighted by Crippen LogP contribution is 2.65. The van der Waals surface area contributed by atoms with Gasteiger partial charge < -0.3 is 4.90 Å². The standard InChI is InChI=1S/C60H43NSi/c1-36-25-28-43-44-29-26-37(2)32-57(44)62(56(43)31-36)55-24-14-8-18-42(55)45-30-27-38(33-58(45)62)61-53-23-13-12-22-50(53)60(48-20-10-6-15-39(48)40-16-7-11-21-49(40)60)52-35-51-46(34-54(52)61)41-17-5-9-19-47(41)59(51,3)4/h5-35H,1-4H3. The molecule has 0 aromatic heterocycles. The highest BCUT2D eigenvalue weighted by molar-refractivity contribution is 7.24. The number of rotatable bonds is 1. The van der Waals surface area contributed by atoms with Crippen LogP contribution in [0.4, 0.5) is 17.1 Å². The average Bonchev–Trinajstić information content (AvgIpc) is 3.94. The Hall–Kier alpha value is -7.00. The van der Waals surface area contributed by atoms with Gasteiger partial charge in [-0.25, -0.2) is 0 Å². The molecule has 0 N–H and O–H groups in total. The third-order valence-electron chi connectivity index (χ3n) is 15.6. The quantitative estimate of drug-likeness (QED) is 0.149. The minimum atomic E-state index is -2.73. The summed E-state index contributed by atoms with van der Waals surface area (Å²) < 4.78 is 0. The van der Waals surface area contributed by atoms with Gasteiger partial charge in [0, 0.05) is 11.1 Å². The van der Waals surface area contributed by atoms with Crippen LogP contribution in [0.2, 0.25) is 0 Å². The summed E-state index contributed by atoms with van der Waals surface area (Å²) in [4.78, 5) is 2.64. The van der Waals surface area contributed by atoms with Crippen LogP contribution >= 0.6 is 0 Å². The number of hydrogen-bond acceptors (Lipinski definition) is 1. The van der Waals surface area contributed by atoms with E-state index in [1.54, 1.807) is 0 Å². The number of fused-ring (bicyclic) bond motifs is 22. The molecular formula is C60H43NSi. The maximum absolute atomic E-state index is 2.73. The second kappa shape index (κ2) is 11.7. The first-order valence-electron chi connectivity index (χ1n) is 22.2. The topological polar surface area (TPSA) is 3.24 Å². The molecule has 5 aliphatic rings. The highest BCUT2D eigenvalue weighted by Gasteiger charge is 2.56. The van der Waals surface area contributed by atoms with E-state index < -0.39 is 13.5 Å². The molecule has 0 saturated carbocycles. The van der Waals surface area contributed by atoms with Gasteiger partial charge in [-0.05, 0) is 137 Å². The molecule has 0 fully saturated rings. The molecule has 2 aliphatic carbocycles. The van der Waals surface area contributed by atoms with E-state index in [2.05, 4.69) is 221 Å². The summed E-state index contributed by atoms with van der Waals surface area (Å²) in [6, 6.07) is 73.4. The third-order valence-corrected chi connectivity index (χ3v) is 20.5. The van der Waals surface area contributed by atoms with Gasteiger partial charge in [0.2, 0.25) is 0 Å². The zero-order valence-electron chi connectivity index (χ0n) is 35.3. The molecule has 1 nitrogen and oxygen atoms in total. The number of nitrogens with zero attached hydrogens (tertiary/aromatic N) is 1. The van der Waals surface area contributed by atoms with Crippen molar-refractivity contribution in [2.24, 2.45) is 0 Å². The van der Waals surface area contributed by atoms with E-state index in [4.69, 9.17) is 0 Å². The van der Waals surface area contributed by atoms with Crippen LogP contribution in [0.1, 0.15) is 58.4 Å². The van der Waals surface area contributed by atoms with E-state index in [-0.39, 0.29) is 5.41 Å². The minimum Gasteiger partial charge on any atom is -0.310 e. The largest absolute Gasteiger partial charge is 0.310 e. The Morgan fingerprint density at radius 3 is 1.47 bits per heavy atom. The minimum absolute atomic E-state index is 0.154. The molecule has 9 aromatic rings. The van der Waals surface area contributed by atoms with Crippen LogP contribution in [0.25, 0.3) is 44.5 Å². The van der Waals surface area contributed by atoms with Gasteiger partial charge in [-0.15, -0.1) is 0 Å². The Morgan fingerprint density at radius 1 is 0.339 bits per heavy atom. The van der Waals surface area contributed by atoms with Crippen molar-refractivity contribution in [2.45, 2.75) is 38.5 Å². The van der Waals surface area contributed by atoms with Crippen LogP contribution in [-0.2, 0) is 10.8 Å². The molecule has 0 saturated heterocycles. The van der Waals surface area contributed by atoms with Crippen LogP contribution in [0.5, 0.6) is 0 Å². The Morgan fingerprint density at radius 2 is 0.823 bits per heavy atom. The molecule has 292 valence electrons. The summed E-state index contributed by atoms with van der Waals surface area (Å²) in [6.45, 7) is 9.38.